The molecule has 0 saturated heterocycles. The van der Waals surface area contributed by atoms with Gasteiger partial charge in [0.25, 0.3) is 0 Å². The lowest BCUT2D eigenvalue weighted by Gasteiger charge is -2.03. The van der Waals surface area contributed by atoms with Crippen LogP contribution in [-0.2, 0) is 4.79 Å². The third-order valence-electron chi connectivity index (χ3n) is 2.81. The number of rotatable bonds is 5. The number of esters is 1. The van der Waals surface area contributed by atoms with Crippen LogP contribution in [0.3, 0.4) is 0 Å². The summed E-state index contributed by atoms with van der Waals surface area (Å²) in [5.41, 5.74) is 1.38. The van der Waals surface area contributed by atoms with E-state index in [0.717, 1.165) is 5.57 Å². The van der Waals surface area contributed by atoms with Gasteiger partial charge >= 0.3 is 17.7 Å². The van der Waals surface area contributed by atoms with E-state index in [-0.39, 0.29) is 17.6 Å². The normalized spacial score (nSPS) is 10.8. The number of imidazole rings is 1. The van der Waals surface area contributed by atoms with Gasteiger partial charge in [0.05, 0.1) is 5.92 Å². The van der Waals surface area contributed by atoms with Crippen molar-refractivity contribution in [2.24, 2.45) is 5.92 Å². The standard InChI is InChI=1S/C14H19N5O3/c1-7(2)5-6-15-10-9-11(18-13(21)17-10)19-14(16-9)22-12(20)8(3)4/h5,8H,6H2,1-4H3,(H3,15,16,17,18,19,21). The van der Waals surface area contributed by atoms with Gasteiger partial charge in [0, 0.05) is 6.54 Å². The smallest absolute Gasteiger partial charge is 0.348 e. The minimum absolute atomic E-state index is 0.0302. The first-order chi connectivity index (χ1) is 10.4. The number of carbonyl (C=O) groups excluding carboxylic acids is 1. The lowest BCUT2D eigenvalue weighted by molar-refractivity contribution is -0.138. The van der Waals surface area contributed by atoms with Crippen LogP contribution in [0.4, 0.5) is 5.82 Å². The molecule has 0 bridgehead atoms. The van der Waals surface area contributed by atoms with Crippen molar-refractivity contribution in [3.8, 4) is 6.01 Å². The van der Waals surface area contributed by atoms with Gasteiger partial charge in [0.2, 0.25) is 0 Å². The number of nitrogens with one attached hydrogen (secondary N) is 3. The summed E-state index contributed by atoms with van der Waals surface area (Å²) >= 11 is 0. The molecule has 2 aromatic heterocycles. The molecule has 0 aromatic carbocycles. The summed E-state index contributed by atoms with van der Waals surface area (Å²) in [4.78, 5) is 36.4. The van der Waals surface area contributed by atoms with Crippen LogP contribution in [-0.4, -0.2) is 32.4 Å². The number of carbonyl (C=O) groups is 1. The van der Waals surface area contributed by atoms with Gasteiger partial charge in [-0.25, -0.2) is 4.79 Å². The van der Waals surface area contributed by atoms with E-state index in [1.165, 1.54) is 0 Å². The maximum Gasteiger partial charge on any atom is 0.348 e. The first-order valence-corrected chi connectivity index (χ1v) is 6.95. The molecule has 2 aromatic rings. The van der Waals surface area contributed by atoms with Crippen LogP contribution >= 0.6 is 0 Å². The number of allylic oxidation sites excluding steroid dienone is 1. The number of anilines is 1. The molecule has 0 radical (unpaired) electrons. The zero-order valence-electron chi connectivity index (χ0n) is 13.0. The summed E-state index contributed by atoms with van der Waals surface area (Å²) in [6.45, 7) is 7.92. The Labute approximate surface area is 127 Å². The topological polar surface area (TPSA) is 113 Å². The molecule has 0 atom stereocenters. The van der Waals surface area contributed by atoms with Crippen LogP contribution in [0, 0.1) is 5.92 Å². The number of H-pyrrole nitrogens is 2. The van der Waals surface area contributed by atoms with Crippen LogP contribution in [0.2, 0.25) is 0 Å². The second kappa shape index (κ2) is 6.42. The molecule has 0 unspecified atom stereocenters. The summed E-state index contributed by atoms with van der Waals surface area (Å²) in [7, 11) is 0. The number of hydrogen-bond donors (Lipinski definition) is 3. The Morgan fingerprint density at radius 3 is 2.68 bits per heavy atom. The Kier molecular flexibility index (Phi) is 4.59. The molecule has 0 aliphatic carbocycles. The Bertz CT molecular complexity index is 768. The molecule has 0 spiro atoms. The maximum atomic E-state index is 11.6. The van der Waals surface area contributed by atoms with Crippen molar-refractivity contribution < 1.29 is 9.53 Å². The first kappa shape index (κ1) is 15.7. The van der Waals surface area contributed by atoms with Crippen LogP contribution in [0.5, 0.6) is 6.01 Å². The molecule has 118 valence electrons. The highest BCUT2D eigenvalue weighted by Crippen LogP contribution is 2.19. The van der Waals surface area contributed by atoms with Gasteiger partial charge in [-0.2, -0.15) is 9.97 Å². The average Bonchev–Trinajstić information content (AvgIpc) is 2.80. The quantitative estimate of drug-likeness (QED) is 0.571. The molecular formula is C14H19N5O3. The molecule has 0 aliphatic rings. The monoisotopic (exact) mass is 305 g/mol. The third-order valence-corrected chi connectivity index (χ3v) is 2.81. The summed E-state index contributed by atoms with van der Waals surface area (Å²) < 4.78 is 5.10. The molecular weight excluding hydrogens is 286 g/mol. The summed E-state index contributed by atoms with van der Waals surface area (Å²) in [5.74, 6) is -0.329. The average molecular weight is 305 g/mol. The second-order valence-electron chi connectivity index (χ2n) is 5.39. The number of ether oxygens (including phenoxy) is 1. The number of aromatic nitrogens is 4. The van der Waals surface area contributed by atoms with E-state index in [2.05, 4.69) is 25.3 Å². The molecule has 0 amide bonds. The van der Waals surface area contributed by atoms with Crippen LogP contribution in [0.15, 0.2) is 16.4 Å². The highest BCUT2D eigenvalue weighted by atomic mass is 16.5. The van der Waals surface area contributed by atoms with Crippen molar-refractivity contribution in [3.63, 3.8) is 0 Å². The van der Waals surface area contributed by atoms with Gasteiger partial charge in [-0.15, -0.1) is 0 Å². The fourth-order valence-corrected chi connectivity index (χ4v) is 1.64. The second-order valence-corrected chi connectivity index (χ2v) is 5.39. The molecule has 8 heteroatoms. The van der Waals surface area contributed by atoms with E-state index < -0.39 is 11.7 Å². The lowest BCUT2D eigenvalue weighted by Crippen LogP contribution is -2.15. The number of nitrogens with zero attached hydrogens (tertiary/aromatic N) is 2. The van der Waals surface area contributed by atoms with Gasteiger partial charge < -0.3 is 15.0 Å². The molecule has 2 heterocycles. The minimum atomic E-state index is -0.527. The predicted octanol–water partition coefficient (Wildman–Crippen LogP) is 1.59. The van der Waals surface area contributed by atoms with Crippen molar-refractivity contribution in [1.82, 2.24) is 19.9 Å². The molecule has 0 fully saturated rings. The maximum absolute atomic E-state index is 11.6. The summed E-state index contributed by atoms with van der Waals surface area (Å²) in [5, 5.41) is 3.03. The highest BCUT2D eigenvalue weighted by Gasteiger charge is 2.15. The zero-order chi connectivity index (χ0) is 16.3. The SMILES string of the molecule is CC(C)=CCNc1nc(=O)[nH]c2nc(OC(=O)C(C)C)[nH]c12. The van der Waals surface area contributed by atoms with Crippen molar-refractivity contribution in [2.45, 2.75) is 27.7 Å². The zero-order valence-corrected chi connectivity index (χ0v) is 13.0. The number of hydrogen-bond acceptors (Lipinski definition) is 6. The van der Waals surface area contributed by atoms with E-state index >= 15 is 0 Å². The molecule has 0 aliphatic heterocycles. The summed E-state index contributed by atoms with van der Waals surface area (Å²) in [6.07, 6.45) is 1.96. The van der Waals surface area contributed by atoms with E-state index in [1.807, 2.05) is 19.9 Å². The van der Waals surface area contributed by atoms with Crippen molar-refractivity contribution in [1.29, 1.82) is 0 Å². The van der Waals surface area contributed by atoms with Crippen LogP contribution in [0.25, 0.3) is 11.2 Å². The van der Waals surface area contributed by atoms with Gasteiger partial charge in [-0.1, -0.05) is 25.5 Å². The minimum Gasteiger partial charge on any atom is -0.392 e. The first-order valence-electron chi connectivity index (χ1n) is 6.95. The largest absolute Gasteiger partial charge is 0.392 e. The van der Waals surface area contributed by atoms with Crippen molar-refractivity contribution in [2.75, 3.05) is 11.9 Å². The highest BCUT2D eigenvalue weighted by molar-refractivity contribution is 5.84. The fraction of sp³-hybridized carbons (Fsp3) is 0.429. The lowest BCUT2D eigenvalue weighted by atomic mass is 10.2. The van der Waals surface area contributed by atoms with Gasteiger partial charge in [0.1, 0.15) is 5.52 Å². The van der Waals surface area contributed by atoms with Crippen LogP contribution in [0.1, 0.15) is 27.7 Å². The summed E-state index contributed by atoms with van der Waals surface area (Å²) in [6, 6.07) is 0.0302. The molecule has 8 nitrogen and oxygen atoms in total. The molecule has 22 heavy (non-hydrogen) atoms. The van der Waals surface area contributed by atoms with E-state index in [9.17, 15) is 9.59 Å². The number of fused-ring (bicyclic) bond motifs is 1. The molecule has 2 rings (SSSR count). The Balaban J connectivity index is 2.32. The molecule has 3 N–H and O–H groups in total. The van der Waals surface area contributed by atoms with E-state index in [1.54, 1.807) is 13.8 Å². The Hall–Kier alpha value is -2.64. The van der Waals surface area contributed by atoms with E-state index in [0.29, 0.717) is 17.9 Å². The van der Waals surface area contributed by atoms with Gasteiger partial charge in [-0.05, 0) is 13.8 Å². The van der Waals surface area contributed by atoms with Gasteiger partial charge in [-0.3, -0.25) is 9.78 Å². The predicted molar refractivity (Wildman–Crippen MR) is 82.9 cm³/mol. The van der Waals surface area contributed by atoms with Crippen LogP contribution < -0.4 is 15.7 Å². The fourth-order valence-electron chi connectivity index (χ4n) is 1.64. The Morgan fingerprint density at radius 2 is 2.05 bits per heavy atom. The van der Waals surface area contributed by atoms with Crippen molar-refractivity contribution >= 4 is 23.0 Å². The number of aromatic amines is 2. The molecule has 0 saturated carbocycles. The van der Waals surface area contributed by atoms with Crippen molar-refractivity contribution in [3.05, 3.63) is 22.1 Å². The van der Waals surface area contributed by atoms with E-state index in [4.69, 9.17) is 4.74 Å². The Morgan fingerprint density at radius 1 is 1.32 bits per heavy atom. The van der Waals surface area contributed by atoms with Gasteiger partial charge in [0.15, 0.2) is 11.5 Å². The third kappa shape index (κ3) is 3.72.